The zero-order chi connectivity index (χ0) is 11.9. The van der Waals surface area contributed by atoms with E-state index in [0.717, 1.165) is 0 Å². The third kappa shape index (κ3) is 1.20. The Morgan fingerprint density at radius 1 is 0.611 bits per heavy atom. The molecule has 0 amide bonds. The van der Waals surface area contributed by atoms with Crippen LogP contribution in [0.2, 0.25) is 0 Å². The topological polar surface area (TPSA) is 0 Å². The number of hydrogen-bond donors (Lipinski definition) is 0. The molecule has 0 saturated carbocycles. The summed E-state index contributed by atoms with van der Waals surface area (Å²) in [5, 5.41) is 7.55. The highest BCUT2D eigenvalue weighted by Crippen LogP contribution is 2.33. The van der Waals surface area contributed by atoms with Crippen LogP contribution in [0.1, 0.15) is 0 Å². The minimum Gasteiger partial charge on any atom is -0.0616 e. The Labute approximate surface area is 105 Å². The monoisotopic (exact) mass is 226 g/mol. The predicted molar refractivity (Wildman–Crippen MR) is 76.6 cm³/mol. The smallest absolute Gasteiger partial charge is 0.00201 e. The molecule has 0 heteroatoms. The molecule has 0 spiro atoms. The van der Waals surface area contributed by atoms with Crippen LogP contribution in [0.15, 0.2) is 60.7 Å². The maximum absolute atomic E-state index is 3.38. The van der Waals surface area contributed by atoms with Gasteiger partial charge in [-0.05, 0) is 50.5 Å². The Bertz CT molecular complexity index is 652. The summed E-state index contributed by atoms with van der Waals surface area (Å²) in [5.41, 5.74) is 0. The van der Waals surface area contributed by atoms with Crippen molar-refractivity contribution in [1.29, 1.82) is 0 Å². The molecule has 0 aliphatic heterocycles. The van der Waals surface area contributed by atoms with Crippen molar-refractivity contribution < 1.29 is 0 Å². The fourth-order valence-electron chi connectivity index (χ4n) is 2.71. The molecule has 2 radical (unpaired) electrons. The highest BCUT2D eigenvalue weighted by molar-refractivity contribution is 6.24. The molecule has 0 aliphatic rings. The molecule has 4 rings (SSSR count). The molecule has 82 valence electrons. The Kier molecular flexibility index (Phi) is 1.92. The quantitative estimate of drug-likeness (QED) is 0.380. The second-order valence-electron chi connectivity index (χ2n) is 4.48. The van der Waals surface area contributed by atoms with Crippen LogP contribution in [0.5, 0.6) is 0 Å². The van der Waals surface area contributed by atoms with Crippen LogP contribution in [-0.4, -0.2) is 0 Å². The second-order valence-corrected chi connectivity index (χ2v) is 4.48. The van der Waals surface area contributed by atoms with E-state index in [0.29, 0.717) is 0 Å². The molecular weight excluding hydrogens is 216 g/mol. The van der Waals surface area contributed by atoms with Crippen molar-refractivity contribution >= 4 is 32.3 Å². The van der Waals surface area contributed by atoms with E-state index in [-0.39, 0.29) is 0 Å². The van der Waals surface area contributed by atoms with Gasteiger partial charge in [-0.3, -0.25) is 0 Å². The van der Waals surface area contributed by atoms with Crippen LogP contribution in [0.3, 0.4) is 0 Å². The lowest BCUT2D eigenvalue weighted by atomic mass is 9.95. The molecule has 0 fully saturated rings. The average molecular weight is 226 g/mol. The first-order chi connectivity index (χ1) is 8.95. The van der Waals surface area contributed by atoms with Gasteiger partial charge in [0.05, 0.1) is 0 Å². The fourth-order valence-corrected chi connectivity index (χ4v) is 2.71. The van der Waals surface area contributed by atoms with Gasteiger partial charge in [0.15, 0.2) is 0 Å². The molecule has 0 aromatic heterocycles. The van der Waals surface area contributed by atoms with Gasteiger partial charge in [-0.1, -0.05) is 54.6 Å². The largest absolute Gasteiger partial charge is 0.0616 e. The van der Waals surface area contributed by atoms with E-state index < -0.39 is 0 Å². The Hall–Kier alpha value is -2.34. The predicted octanol–water partition coefficient (Wildman–Crippen LogP) is 4.75. The van der Waals surface area contributed by atoms with Gasteiger partial charge in [-0.2, -0.15) is 0 Å². The normalized spacial score (nSPS) is 11.3. The third-order valence-electron chi connectivity index (χ3n) is 3.50. The van der Waals surface area contributed by atoms with Crippen molar-refractivity contribution in [3.63, 3.8) is 0 Å². The maximum atomic E-state index is 3.38. The van der Waals surface area contributed by atoms with Gasteiger partial charge >= 0.3 is 0 Å². The zero-order valence-corrected chi connectivity index (χ0v) is 9.77. The molecule has 4 aromatic rings. The summed E-state index contributed by atoms with van der Waals surface area (Å²) >= 11 is 0. The zero-order valence-electron chi connectivity index (χ0n) is 9.77. The lowest BCUT2D eigenvalue weighted by molar-refractivity contribution is 1.76. The van der Waals surface area contributed by atoms with Gasteiger partial charge in [-0.15, -0.1) is 0 Å². The van der Waals surface area contributed by atoms with Crippen LogP contribution in [0.4, 0.5) is 0 Å². The van der Waals surface area contributed by atoms with Crippen molar-refractivity contribution in [3.8, 4) is 0 Å². The first-order valence-corrected chi connectivity index (χ1v) is 6.06. The first kappa shape index (κ1) is 9.67. The van der Waals surface area contributed by atoms with Crippen LogP contribution >= 0.6 is 0 Å². The Morgan fingerprint density at radius 3 is 2.22 bits per heavy atom. The van der Waals surface area contributed by atoms with Gasteiger partial charge in [0, 0.05) is 0 Å². The summed E-state index contributed by atoms with van der Waals surface area (Å²) in [6.07, 6.45) is 0. The molecular formula is C18H10. The van der Waals surface area contributed by atoms with E-state index in [9.17, 15) is 0 Å². The summed E-state index contributed by atoms with van der Waals surface area (Å²) in [7, 11) is 0. The lowest BCUT2D eigenvalue weighted by Crippen LogP contribution is -1.82. The average Bonchev–Trinajstić information content (AvgIpc) is 2.48. The van der Waals surface area contributed by atoms with Gasteiger partial charge < -0.3 is 0 Å². The lowest BCUT2D eigenvalue weighted by Gasteiger charge is -2.09. The molecule has 0 atom stereocenters. The summed E-state index contributed by atoms with van der Waals surface area (Å²) in [6.45, 7) is 0. The van der Waals surface area contributed by atoms with Gasteiger partial charge in [0.1, 0.15) is 0 Å². The summed E-state index contributed by atoms with van der Waals surface area (Å²) < 4.78 is 0. The van der Waals surface area contributed by atoms with Gasteiger partial charge in [0.25, 0.3) is 0 Å². The van der Waals surface area contributed by atoms with E-state index in [4.69, 9.17) is 0 Å². The molecule has 0 N–H and O–H groups in total. The van der Waals surface area contributed by atoms with E-state index in [1.165, 1.54) is 32.3 Å². The number of fused-ring (bicyclic) bond motifs is 6. The maximum Gasteiger partial charge on any atom is -0.00201 e. The SMILES string of the molecule is [c]1ccc2c3ccc[c]c3c3ccccc3c2c1. The van der Waals surface area contributed by atoms with Gasteiger partial charge in [-0.25, -0.2) is 0 Å². The standard InChI is InChI=1S/C18H10/c1-2-8-14-13(7-1)15-9-3-4-11-17(15)18-12-6-5-10-16(14)18/h1-5,8-12H. The molecule has 4 aromatic carbocycles. The van der Waals surface area contributed by atoms with E-state index in [1.807, 2.05) is 18.2 Å². The summed E-state index contributed by atoms with van der Waals surface area (Å²) in [5.74, 6) is 0. The molecule has 0 saturated heterocycles. The van der Waals surface area contributed by atoms with Crippen molar-refractivity contribution in [1.82, 2.24) is 0 Å². The molecule has 0 heterocycles. The van der Waals surface area contributed by atoms with E-state index in [2.05, 4.69) is 54.6 Å². The Balaban J connectivity index is 2.46. The molecule has 18 heavy (non-hydrogen) atoms. The Morgan fingerprint density at radius 2 is 1.33 bits per heavy atom. The van der Waals surface area contributed by atoms with Crippen molar-refractivity contribution in [2.45, 2.75) is 0 Å². The fraction of sp³-hybridized carbons (Fsp3) is 0. The van der Waals surface area contributed by atoms with Gasteiger partial charge in [0.2, 0.25) is 0 Å². The number of hydrogen-bond acceptors (Lipinski definition) is 0. The summed E-state index contributed by atoms with van der Waals surface area (Å²) in [4.78, 5) is 0. The number of benzene rings is 4. The van der Waals surface area contributed by atoms with Crippen molar-refractivity contribution in [2.75, 3.05) is 0 Å². The first-order valence-electron chi connectivity index (χ1n) is 6.06. The highest BCUT2D eigenvalue weighted by Gasteiger charge is 2.06. The molecule has 0 bridgehead atoms. The molecule has 0 unspecified atom stereocenters. The van der Waals surface area contributed by atoms with Crippen LogP contribution in [-0.2, 0) is 0 Å². The molecule has 0 nitrogen and oxygen atoms in total. The third-order valence-corrected chi connectivity index (χ3v) is 3.50. The van der Waals surface area contributed by atoms with Crippen LogP contribution < -0.4 is 0 Å². The van der Waals surface area contributed by atoms with Crippen molar-refractivity contribution in [3.05, 3.63) is 72.8 Å². The van der Waals surface area contributed by atoms with Crippen LogP contribution in [0, 0.1) is 12.1 Å². The highest BCUT2D eigenvalue weighted by atomic mass is 14.1. The van der Waals surface area contributed by atoms with E-state index >= 15 is 0 Å². The minimum atomic E-state index is 1.20. The minimum absolute atomic E-state index is 1.20. The molecule has 0 aliphatic carbocycles. The van der Waals surface area contributed by atoms with Crippen molar-refractivity contribution in [2.24, 2.45) is 0 Å². The number of rotatable bonds is 0. The van der Waals surface area contributed by atoms with E-state index in [1.54, 1.807) is 0 Å². The second kappa shape index (κ2) is 3.58. The van der Waals surface area contributed by atoms with Crippen LogP contribution in [0.25, 0.3) is 32.3 Å². The summed E-state index contributed by atoms with van der Waals surface area (Å²) in [6, 6.07) is 27.5.